The Morgan fingerprint density at radius 3 is 2.42 bits per heavy atom. The number of aliphatic hydroxyl groups excluding tert-OH is 1. The number of aliphatic hydroxyl groups is 1. The number of carbonyl (C=O) groups is 2. The number of rotatable bonds is 7. The van der Waals surface area contributed by atoms with Crippen LogP contribution >= 0.6 is 11.6 Å². The van der Waals surface area contributed by atoms with Crippen LogP contribution in [0.15, 0.2) is 36.5 Å². The molecule has 12 heteroatoms. The number of pyridine rings is 1. The molecule has 2 aromatic rings. The van der Waals surface area contributed by atoms with Crippen LogP contribution in [0.5, 0.6) is 5.75 Å². The second kappa shape index (κ2) is 9.85. The molecule has 0 unspecified atom stereocenters. The second-order valence-electron chi connectivity index (χ2n) is 9.33. The van der Waals surface area contributed by atoms with E-state index in [0.29, 0.717) is 31.9 Å². The van der Waals surface area contributed by atoms with Gasteiger partial charge in [0.05, 0.1) is 28.6 Å². The summed E-state index contributed by atoms with van der Waals surface area (Å²) in [5.74, 6) is -1.41. The van der Waals surface area contributed by atoms with E-state index in [2.05, 4.69) is 15.6 Å². The fourth-order valence-corrected chi connectivity index (χ4v) is 5.01. The predicted octanol–water partition coefficient (Wildman–Crippen LogP) is 3.56. The summed E-state index contributed by atoms with van der Waals surface area (Å²) in [5.41, 5.74) is -2.23. The van der Waals surface area contributed by atoms with Crippen molar-refractivity contribution in [2.45, 2.75) is 61.9 Å². The average Bonchev–Trinajstić information content (AvgIpc) is 2.81. The average molecular weight is 530 g/mol. The summed E-state index contributed by atoms with van der Waals surface area (Å²) in [4.78, 5) is 28.8. The van der Waals surface area contributed by atoms with Gasteiger partial charge in [-0.05, 0) is 56.4 Å². The topological polar surface area (TPSA) is 101 Å². The maximum absolute atomic E-state index is 13.5. The number of halogens is 5. The van der Waals surface area contributed by atoms with Crippen LogP contribution in [0.1, 0.15) is 43.4 Å². The fourth-order valence-electron chi connectivity index (χ4n) is 4.89. The summed E-state index contributed by atoms with van der Waals surface area (Å²) >= 11 is 5.63. The van der Waals surface area contributed by atoms with Crippen molar-refractivity contribution in [3.63, 3.8) is 0 Å². The molecule has 1 aromatic carbocycles. The van der Waals surface area contributed by atoms with Crippen molar-refractivity contribution in [2.75, 3.05) is 6.61 Å². The summed E-state index contributed by atoms with van der Waals surface area (Å²) in [5, 5.41) is 16.5. The van der Waals surface area contributed by atoms with E-state index in [4.69, 9.17) is 16.3 Å². The van der Waals surface area contributed by atoms with Crippen LogP contribution in [0.3, 0.4) is 0 Å². The van der Waals surface area contributed by atoms with Gasteiger partial charge >= 0.3 is 6.18 Å². The maximum atomic E-state index is 13.5. The molecule has 2 amide bonds. The number of amides is 2. The Labute approximate surface area is 209 Å². The van der Waals surface area contributed by atoms with Crippen molar-refractivity contribution in [3.05, 3.63) is 58.6 Å². The number of carbonyl (C=O) groups excluding carboxylic acids is 2. The maximum Gasteiger partial charge on any atom is 0.417 e. The lowest BCUT2D eigenvalue weighted by Crippen LogP contribution is -2.70. The van der Waals surface area contributed by atoms with Gasteiger partial charge in [-0.25, -0.2) is 4.39 Å². The van der Waals surface area contributed by atoms with E-state index in [1.807, 2.05) is 0 Å². The normalized spacial score (nSPS) is 25.3. The van der Waals surface area contributed by atoms with Crippen LogP contribution in [0.25, 0.3) is 0 Å². The van der Waals surface area contributed by atoms with Crippen LogP contribution in [0, 0.1) is 5.82 Å². The van der Waals surface area contributed by atoms with Crippen molar-refractivity contribution in [3.8, 4) is 5.75 Å². The Morgan fingerprint density at radius 1 is 1.11 bits per heavy atom. The third-order valence-corrected chi connectivity index (χ3v) is 7.18. The highest BCUT2D eigenvalue weighted by atomic mass is 35.5. The van der Waals surface area contributed by atoms with Crippen molar-refractivity contribution < 1.29 is 37.0 Å². The van der Waals surface area contributed by atoms with Crippen molar-refractivity contribution in [2.24, 2.45) is 0 Å². The van der Waals surface area contributed by atoms with E-state index < -0.39 is 46.6 Å². The van der Waals surface area contributed by atoms with Gasteiger partial charge in [0.1, 0.15) is 11.6 Å². The van der Waals surface area contributed by atoms with E-state index in [-0.39, 0.29) is 35.9 Å². The molecule has 3 N–H and O–H groups in total. The number of fused-ring (bicyclic) bond motifs is 3. The SMILES string of the molecule is O=C(Cc1ccc(C(F)(F)F)cn1)NC12CCC(NC(=O)COc3ccc(Cl)c(F)c3)(CC1)[C@@H](O)C2. The first-order valence-corrected chi connectivity index (χ1v) is 11.7. The van der Waals surface area contributed by atoms with Gasteiger partial charge in [-0.2, -0.15) is 13.2 Å². The first-order valence-electron chi connectivity index (χ1n) is 11.3. The number of hydrogen-bond acceptors (Lipinski definition) is 5. The largest absolute Gasteiger partial charge is 0.484 e. The molecule has 194 valence electrons. The van der Waals surface area contributed by atoms with Crippen LogP contribution in [0.4, 0.5) is 17.6 Å². The van der Waals surface area contributed by atoms with Gasteiger partial charge in [0, 0.05) is 23.5 Å². The Kier molecular flexibility index (Phi) is 7.16. The van der Waals surface area contributed by atoms with E-state index in [1.165, 1.54) is 12.1 Å². The lowest BCUT2D eigenvalue weighted by molar-refractivity contribution is -0.137. The zero-order chi connectivity index (χ0) is 26.1. The minimum Gasteiger partial charge on any atom is -0.484 e. The molecule has 3 fully saturated rings. The lowest BCUT2D eigenvalue weighted by atomic mass is 9.60. The van der Waals surface area contributed by atoms with Crippen molar-refractivity contribution in [1.82, 2.24) is 15.6 Å². The highest BCUT2D eigenvalue weighted by molar-refractivity contribution is 6.30. The number of benzene rings is 1. The molecule has 0 aliphatic heterocycles. The van der Waals surface area contributed by atoms with Crippen molar-refractivity contribution in [1.29, 1.82) is 0 Å². The standard InChI is InChI=1S/C24H24ClF4N3O4/c25-17-4-3-16(10-18(17)26)36-13-21(35)32-23-7-5-22(6-8-23,11-19(23)33)31-20(34)9-15-2-1-14(12-30-15)24(27,28)29/h1-4,10,12,19,33H,5-9,11,13H2,(H,31,34)(H,32,35)/t19-,22?,23?/m0/s1. The molecule has 1 heterocycles. The van der Waals surface area contributed by atoms with Gasteiger partial charge in [-0.15, -0.1) is 0 Å². The predicted molar refractivity (Wildman–Crippen MR) is 121 cm³/mol. The van der Waals surface area contributed by atoms with E-state index in [1.54, 1.807) is 0 Å². The second-order valence-corrected chi connectivity index (χ2v) is 9.74. The summed E-state index contributed by atoms with van der Waals surface area (Å²) in [6.45, 7) is -0.377. The molecular weight excluding hydrogens is 506 g/mol. The minimum absolute atomic E-state index is 0.0654. The van der Waals surface area contributed by atoms with Gasteiger partial charge in [-0.1, -0.05) is 11.6 Å². The highest BCUT2D eigenvalue weighted by Gasteiger charge is 2.55. The molecule has 5 rings (SSSR count). The fraction of sp³-hybridized carbons (Fsp3) is 0.458. The molecule has 7 nitrogen and oxygen atoms in total. The first-order chi connectivity index (χ1) is 16.9. The molecule has 3 saturated carbocycles. The molecule has 1 aromatic heterocycles. The molecule has 3 aliphatic carbocycles. The van der Waals surface area contributed by atoms with E-state index in [0.717, 1.165) is 18.2 Å². The molecule has 0 radical (unpaired) electrons. The van der Waals surface area contributed by atoms with E-state index >= 15 is 0 Å². The molecular formula is C24H24ClF4N3O4. The number of nitrogens with one attached hydrogen (secondary N) is 2. The number of alkyl halides is 3. The number of ether oxygens (including phenoxy) is 1. The summed E-state index contributed by atoms with van der Waals surface area (Å²) in [6.07, 6.45) is -2.91. The van der Waals surface area contributed by atoms with Crippen LogP contribution in [-0.4, -0.2) is 45.7 Å². The van der Waals surface area contributed by atoms with Gasteiger partial charge in [0.25, 0.3) is 5.91 Å². The Balaban J connectivity index is 1.30. The quantitative estimate of drug-likeness (QED) is 0.476. The van der Waals surface area contributed by atoms with Gasteiger partial charge in [-0.3, -0.25) is 14.6 Å². The first kappa shape index (κ1) is 26.2. The third kappa shape index (κ3) is 5.73. The lowest BCUT2D eigenvalue weighted by Gasteiger charge is -2.56. The zero-order valence-electron chi connectivity index (χ0n) is 19.0. The molecule has 2 bridgehead atoms. The summed E-state index contributed by atoms with van der Waals surface area (Å²) < 4.78 is 56.9. The zero-order valence-corrected chi connectivity index (χ0v) is 19.8. The smallest absolute Gasteiger partial charge is 0.417 e. The molecule has 0 saturated heterocycles. The van der Waals surface area contributed by atoms with Crippen LogP contribution in [-0.2, 0) is 22.2 Å². The highest BCUT2D eigenvalue weighted by Crippen LogP contribution is 2.47. The molecule has 0 spiro atoms. The van der Waals surface area contributed by atoms with E-state index in [9.17, 15) is 32.3 Å². The molecule has 36 heavy (non-hydrogen) atoms. The van der Waals surface area contributed by atoms with Crippen LogP contribution < -0.4 is 15.4 Å². The summed E-state index contributed by atoms with van der Waals surface area (Å²) in [7, 11) is 0. The van der Waals surface area contributed by atoms with Crippen LogP contribution in [0.2, 0.25) is 5.02 Å². The Bertz CT molecular complexity index is 1140. The van der Waals surface area contributed by atoms with Gasteiger partial charge < -0.3 is 20.5 Å². The third-order valence-electron chi connectivity index (χ3n) is 6.87. The number of nitrogens with zero attached hydrogens (tertiary/aromatic N) is 1. The monoisotopic (exact) mass is 529 g/mol. The summed E-state index contributed by atoms with van der Waals surface area (Å²) in [6, 6.07) is 5.86. The number of hydrogen-bond donors (Lipinski definition) is 3. The number of aromatic nitrogens is 1. The Hall–Kier alpha value is -2.92. The van der Waals surface area contributed by atoms with Gasteiger partial charge in [0.15, 0.2) is 6.61 Å². The molecule has 1 atom stereocenters. The molecule has 3 aliphatic rings. The minimum atomic E-state index is -4.51. The van der Waals surface area contributed by atoms with Gasteiger partial charge in [0.2, 0.25) is 5.91 Å². The van der Waals surface area contributed by atoms with Crippen molar-refractivity contribution >= 4 is 23.4 Å². The Morgan fingerprint density at radius 2 is 1.83 bits per heavy atom.